The first-order valence-electron chi connectivity index (χ1n) is 6.23. The summed E-state index contributed by atoms with van der Waals surface area (Å²) in [5.74, 6) is -0.120. The van der Waals surface area contributed by atoms with Gasteiger partial charge >= 0.3 is 0 Å². The summed E-state index contributed by atoms with van der Waals surface area (Å²) in [5, 5.41) is 2.77. The Morgan fingerprint density at radius 3 is 2.83 bits per heavy atom. The SMILES string of the molecule is CCNC(=O)c1cccc(N2CCOCC2)c1N. The molecule has 0 bridgehead atoms. The normalized spacial score (nSPS) is 15.5. The molecule has 1 aromatic carbocycles. The molecule has 0 saturated carbocycles. The number of nitrogens with one attached hydrogen (secondary N) is 1. The van der Waals surface area contributed by atoms with Crippen LogP contribution in [0.15, 0.2) is 18.2 Å². The van der Waals surface area contributed by atoms with Crippen molar-refractivity contribution in [2.45, 2.75) is 6.92 Å². The van der Waals surface area contributed by atoms with Crippen molar-refractivity contribution in [3.8, 4) is 0 Å². The number of ether oxygens (including phenoxy) is 1. The van der Waals surface area contributed by atoms with E-state index in [1.54, 1.807) is 6.07 Å². The quantitative estimate of drug-likeness (QED) is 0.779. The Morgan fingerprint density at radius 1 is 1.44 bits per heavy atom. The minimum atomic E-state index is -0.120. The highest BCUT2D eigenvalue weighted by atomic mass is 16.5. The van der Waals surface area contributed by atoms with E-state index in [2.05, 4.69) is 10.2 Å². The molecule has 3 N–H and O–H groups in total. The van der Waals surface area contributed by atoms with E-state index in [0.29, 0.717) is 31.0 Å². The van der Waals surface area contributed by atoms with Crippen molar-refractivity contribution in [3.05, 3.63) is 23.8 Å². The van der Waals surface area contributed by atoms with Gasteiger partial charge in [0.15, 0.2) is 0 Å². The fourth-order valence-electron chi connectivity index (χ4n) is 2.09. The summed E-state index contributed by atoms with van der Waals surface area (Å²) in [6.07, 6.45) is 0. The average Bonchev–Trinajstić information content (AvgIpc) is 2.40. The lowest BCUT2D eigenvalue weighted by Gasteiger charge is -2.30. The van der Waals surface area contributed by atoms with Gasteiger partial charge in [0.25, 0.3) is 5.91 Å². The van der Waals surface area contributed by atoms with Gasteiger partial charge in [-0.05, 0) is 19.1 Å². The molecule has 5 nitrogen and oxygen atoms in total. The van der Waals surface area contributed by atoms with Gasteiger partial charge in [-0.15, -0.1) is 0 Å². The lowest BCUT2D eigenvalue weighted by atomic mass is 10.1. The van der Waals surface area contributed by atoms with E-state index in [0.717, 1.165) is 18.8 Å². The molecule has 2 rings (SSSR count). The van der Waals surface area contributed by atoms with Crippen LogP contribution in [0.5, 0.6) is 0 Å². The minimum Gasteiger partial charge on any atom is -0.396 e. The third-order valence-corrected chi connectivity index (χ3v) is 3.02. The van der Waals surface area contributed by atoms with Crippen LogP contribution in [0.1, 0.15) is 17.3 Å². The summed E-state index contributed by atoms with van der Waals surface area (Å²) in [6.45, 7) is 5.50. The van der Waals surface area contributed by atoms with Gasteiger partial charge in [0, 0.05) is 19.6 Å². The van der Waals surface area contributed by atoms with Crippen molar-refractivity contribution in [3.63, 3.8) is 0 Å². The molecule has 1 heterocycles. The van der Waals surface area contributed by atoms with E-state index in [9.17, 15) is 4.79 Å². The molecule has 1 aliphatic heterocycles. The first-order chi connectivity index (χ1) is 8.74. The van der Waals surface area contributed by atoms with Crippen LogP contribution in [-0.2, 0) is 4.74 Å². The van der Waals surface area contributed by atoms with E-state index < -0.39 is 0 Å². The van der Waals surface area contributed by atoms with Crippen molar-refractivity contribution in [2.75, 3.05) is 43.5 Å². The molecule has 1 aromatic rings. The highest BCUT2D eigenvalue weighted by molar-refractivity contribution is 6.01. The Morgan fingerprint density at radius 2 is 2.17 bits per heavy atom. The lowest BCUT2D eigenvalue weighted by Crippen LogP contribution is -2.37. The number of rotatable bonds is 3. The maximum atomic E-state index is 11.9. The molecule has 0 aromatic heterocycles. The van der Waals surface area contributed by atoms with Gasteiger partial charge in [-0.3, -0.25) is 4.79 Å². The molecule has 0 unspecified atom stereocenters. The summed E-state index contributed by atoms with van der Waals surface area (Å²) in [5.41, 5.74) is 8.11. The fraction of sp³-hybridized carbons (Fsp3) is 0.462. The van der Waals surface area contributed by atoms with Crippen LogP contribution in [0.2, 0.25) is 0 Å². The first kappa shape index (κ1) is 12.7. The highest BCUT2D eigenvalue weighted by Crippen LogP contribution is 2.27. The Hall–Kier alpha value is -1.75. The number of morpholine rings is 1. The number of hydrogen-bond acceptors (Lipinski definition) is 4. The second-order valence-corrected chi connectivity index (χ2v) is 4.20. The Balaban J connectivity index is 2.26. The van der Waals surface area contributed by atoms with Crippen molar-refractivity contribution in [1.29, 1.82) is 0 Å². The number of carbonyl (C=O) groups is 1. The molecule has 1 fully saturated rings. The molecule has 5 heteroatoms. The Labute approximate surface area is 107 Å². The first-order valence-corrected chi connectivity index (χ1v) is 6.23. The molecule has 1 aliphatic rings. The van der Waals surface area contributed by atoms with Crippen molar-refractivity contribution < 1.29 is 9.53 Å². The average molecular weight is 249 g/mol. The number of hydrogen-bond donors (Lipinski definition) is 2. The third-order valence-electron chi connectivity index (χ3n) is 3.02. The molecule has 1 saturated heterocycles. The standard InChI is InChI=1S/C13H19N3O2/c1-2-15-13(17)10-4-3-5-11(12(10)14)16-6-8-18-9-7-16/h3-5H,2,6-9,14H2,1H3,(H,15,17). The molecule has 0 atom stereocenters. The zero-order valence-electron chi connectivity index (χ0n) is 10.6. The van der Waals surface area contributed by atoms with Crippen LogP contribution in [0, 0.1) is 0 Å². The van der Waals surface area contributed by atoms with Crippen molar-refractivity contribution in [1.82, 2.24) is 5.32 Å². The van der Waals surface area contributed by atoms with E-state index in [1.165, 1.54) is 0 Å². The number of para-hydroxylation sites is 1. The highest BCUT2D eigenvalue weighted by Gasteiger charge is 2.17. The molecule has 0 radical (unpaired) electrons. The van der Waals surface area contributed by atoms with Gasteiger partial charge in [-0.2, -0.15) is 0 Å². The fourth-order valence-corrected chi connectivity index (χ4v) is 2.09. The van der Waals surface area contributed by atoms with Crippen molar-refractivity contribution >= 4 is 17.3 Å². The Bertz CT molecular complexity index is 428. The topological polar surface area (TPSA) is 67.6 Å². The number of nitrogens with two attached hydrogens (primary N) is 1. The van der Waals surface area contributed by atoms with Gasteiger partial charge in [0.1, 0.15) is 0 Å². The van der Waals surface area contributed by atoms with E-state index in [4.69, 9.17) is 10.5 Å². The van der Waals surface area contributed by atoms with Gasteiger partial charge in [-0.25, -0.2) is 0 Å². The van der Waals surface area contributed by atoms with Crippen LogP contribution >= 0.6 is 0 Å². The Kier molecular flexibility index (Phi) is 4.04. The lowest BCUT2D eigenvalue weighted by molar-refractivity contribution is 0.0956. The number of benzene rings is 1. The molecular formula is C13H19N3O2. The minimum absolute atomic E-state index is 0.120. The smallest absolute Gasteiger partial charge is 0.253 e. The zero-order valence-corrected chi connectivity index (χ0v) is 10.6. The second-order valence-electron chi connectivity index (χ2n) is 4.20. The summed E-state index contributed by atoms with van der Waals surface area (Å²) < 4.78 is 5.32. The van der Waals surface area contributed by atoms with Crippen LogP contribution in [0.3, 0.4) is 0 Å². The monoisotopic (exact) mass is 249 g/mol. The summed E-state index contributed by atoms with van der Waals surface area (Å²) in [6, 6.07) is 5.57. The number of nitrogen functional groups attached to an aromatic ring is 1. The predicted molar refractivity (Wildman–Crippen MR) is 71.9 cm³/mol. The summed E-state index contributed by atoms with van der Waals surface area (Å²) in [4.78, 5) is 14.0. The second kappa shape index (κ2) is 5.73. The number of nitrogens with zero attached hydrogens (tertiary/aromatic N) is 1. The van der Waals surface area contributed by atoms with Gasteiger partial charge < -0.3 is 20.7 Å². The predicted octanol–water partition coefficient (Wildman–Crippen LogP) is 0.855. The van der Waals surface area contributed by atoms with E-state index in [1.807, 2.05) is 19.1 Å². The molecule has 98 valence electrons. The number of amides is 1. The van der Waals surface area contributed by atoms with Gasteiger partial charge in [0.2, 0.25) is 0 Å². The third kappa shape index (κ3) is 2.56. The van der Waals surface area contributed by atoms with E-state index >= 15 is 0 Å². The largest absolute Gasteiger partial charge is 0.396 e. The van der Waals surface area contributed by atoms with Crippen LogP contribution in [0.4, 0.5) is 11.4 Å². The zero-order chi connectivity index (χ0) is 13.0. The van der Waals surface area contributed by atoms with Crippen LogP contribution in [0.25, 0.3) is 0 Å². The molecule has 0 aliphatic carbocycles. The molecule has 1 amide bonds. The molecule has 18 heavy (non-hydrogen) atoms. The van der Waals surface area contributed by atoms with Gasteiger partial charge in [-0.1, -0.05) is 6.07 Å². The summed E-state index contributed by atoms with van der Waals surface area (Å²) in [7, 11) is 0. The summed E-state index contributed by atoms with van der Waals surface area (Å²) >= 11 is 0. The van der Waals surface area contributed by atoms with E-state index in [-0.39, 0.29) is 5.91 Å². The maximum absolute atomic E-state index is 11.9. The number of anilines is 2. The molecular weight excluding hydrogens is 230 g/mol. The van der Waals surface area contributed by atoms with Crippen LogP contribution < -0.4 is 16.0 Å². The van der Waals surface area contributed by atoms with Crippen LogP contribution in [-0.4, -0.2) is 38.8 Å². The van der Waals surface area contributed by atoms with Gasteiger partial charge in [0.05, 0.1) is 30.2 Å². The number of carbonyl (C=O) groups excluding carboxylic acids is 1. The molecule has 0 spiro atoms. The maximum Gasteiger partial charge on any atom is 0.253 e. The van der Waals surface area contributed by atoms with Crippen molar-refractivity contribution in [2.24, 2.45) is 0 Å².